The van der Waals surface area contributed by atoms with Gasteiger partial charge in [0.1, 0.15) is 0 Å². The highest BCUT2D eigenvalue weighted by Gasteiger charge is 2.13. The molecule has 1 aromatic carbocycles. The maximum Gasteiger partial charge on any atom is 0.228 e. The van der Waals surface area contributed by atoms with Crippen molar-refractivity contribution in [2.24, 2.45) is 0 Å². The van der Waals surface area contributed by atoms with Crippen molar-refractivity contribution in [2.45, 2.75) is 19.3 Å². The average molecular weight is 307 g/mol. The molecule has 1 atom stereocenters. The largest absolute Gasteiger partial charge is 0.307 e. The molecule has 6 heteroatoms. The lowest BCUT2D eigenvalue weighted by molar-refractivity contribution is -0.116. The molecule has 2 aromatic heterocycles. The van der Waals surface area contributed by atoms with Gasteiger partial charge in [-0.2, -0.15) is 0 Å². The van der Waals surface area contributed by atoms with Crippen LogP contribution in [0.15, 0.2) is 54.9 Å². The summed E-state index contributed by atoms with van der Waals surface area (Å²) in [5, 5.41) is 10.7. The number of benzene rings is 1. The summed E-state index contributed by atoms with van der Waals surface area (Å²) in [6.45, 7) is 2.03. The molecule has 0 radical (unpaired) electrons. The maximum absolute atomic E-state index is 12.1. The van der Waals surface area contributed by atoms with E-state index in [9.17, 15) is 4.79 Å². The molecule has 0 aliphatic carbocycles. The van der Waals surface area contributed by atoms with Crippen LogP contribution in [0.4, 0.5) is 5.95 Å². The molecule has 1 amide bonds. The molecule has 116 valence electrons. The van der Waals surface area contributed by atoms with E-state index in [0.717, 1.165) is 11.1 Å². The smallest absolute Gasteiger partial charge is 0.228 e. The van der Waals surface area contributed by atoms with E-state index in [1.165, 1.54) is 0 Å². The number of hydrogen-bond acceptors (Lipinski definition) is 4. The first-order chi connectivity index (χ1) is 11.2. The number of aromatic amines is 1. The van der Waals surface area contributed by atoms with Gasteiger partial charge in [0.05, 0.1) is 0 Å². The normalized spacial score (nSPS) is 11.9. The van der Waals surface area contributed by atoms with Crippen molar-refractivity contribution in [3.63, 3.8) is 0 Å². The second-order valence-corrected chi connectivity index (χ2v) is 5.32. The molecule has 6 nitrogen and oxygen atoms in total. The van der Waals surface area contributed by atoms with Crippen LogP contribution in [0.25, 0.3) is 11.4 Å². The molecule has 0 spiro atoms. The lowest BCUT2D eigenvalue weighted by Crippen LogP contribution is -2.15. The number of carbonyl (C=O) groups is 1. The van der Waals surface area contributed by atoms with Crippen LogP contribution in [0, 0.1) is 0 Å². The summed E-state index contributed by atoms with van der Waals surface area (Å²) >= 11 is 0. The minimum absolute atomic E-state index is 0.0984. The molecular formula is C17H17N5O. The van der Waals surface area contributed by atoms with E-state index in [0.29, 0.717) is 18.2 Å². The molecule has 0 saturated carbocycles. The molecule has 0 unspecified atom stereocenters. The third kappa shape index (κ3) is 3.79. The van der Waals surface area contributed by atoms with E-state index in [-0.39, 0.29) is 11.8 Å². The van der Waals surface area contributed by atoms with Crippen LogP contribution in [0.5, 0.6) is 0 Å². The third-order valence-electron chi connectivity index (χ3n) is 3.56. The van der Waals surface area contributed by atoms with E-state index in [4.69, 9.17) is 0 Å². The first-order valence-corrected chi connectivity index (χ1v) is 7.40. The van der Waals surface area contributed by atoms with E-state index in [1.54, 1.807) is 12.4 Å². The number of anilines is 1. The maximum atomic E-state index is 12.1. The molecular weight excluding hydrogens is 290 g/mol. The minimum Gasteiger partial charge on any atom is -0.307 e. The highest BCUT2D eigenvalue weighted by atomic mass is 16.1. The lowest BCUT2D eigenvalue weighted by atomic mass is 9.98. The van der Waals surface area contributed by atoms with Crippen molar-refractivity contribution in [3.8, 4) is 11.4 Å². The molecule has 23 heavy (non-hydrogen) atoms. The quantitative estimate of drug-likeness (QED) is 0.759. The molecule has 3 rings (SSSR count). The van der Waals surface area contributed by atoms with E-state index < -0.39 is 0 Å². The summed E-state index contributed by atoms with van der Waals surface area (Å²) in [4.78, 5) is 19.1. The van der Waals surface area contributed by atoms with Crippen molar-refractivity contribution in [2.75, 3.05) is 5.32 Å². The van der Waals surface area contributed by atoms with Crippen molar-refractivity contribution in [1.82, 2.24) is 20.2 Å². The summed E-state index contributed by atoms with van der Waals surface area (Å²) in [6.07, 6.45) is 3.74. The fraction of sp³-hybridized carbons (Fsp3) is 0.176. The summed E-state index contributed by atoms with van der Waals surface area (Å²) in [5.74, 6) is 0.985. The van der Waals surface area contributed by atoms with Gasteiger partial charge in [-0.1, -0.05) is 37.3 Å². The third-order valence-corrected chi connectivity index (χ3v) is 3.56. The van der Waals surface area contributed by atoms with Crippen LogP contribution in [-0.4, -0.2) is 26.1 Å². The fourth-order valence-corrected chi connectivity index (χ4v) is 2.32. The predicted octanol–water partition coefficient (Wildman–Crippen LogP) is 3.00. The van der Waals surface area contributed by atoms with Gasteiger partial charge in [0.15, 0.2) is 5.82 Å². The summed E-state index contributed by atoms with van der Waals surface area (Å²) < 4.78 is 0. The highest BCUT2D eigenvalue weighted by Crippen LogP contribution is 2.19. The molecule has 0 saturated heterocycles. The number of carbonyl (C=O) groups excluding carboxylic acids is 1. The van der Waals surface area contributed by atoms with Gasteiger partial charge < -0.3 is 4.98 Å². The second-order valence-electron chi connectivity index (χ2n) is 5.32. The van der Waals surface area contributed by atoms with Gasteiger partial charge in [0.2, 0.25) is 11.9 Å². The van der Waals surface area contributed by atoms with Crippen LogP contribution in [-0.2, 0) is 4.79 Å². The van der Waals surface area contributed by atoms with Crippen LogP contribution >= 0.6 is 0 Å². The Labute approximate surface area is 134 Å². The Kier molecular flexibility index (Phi) is 4.42. The van der Waals surface area contributed by atoms with Gasteiger partial charge in [0, 0.05) is 24.4 Å². The molecule has 0 aliphatic heterocycles. The monoisotopic (exact) mass is 307 g/mol. The van der Waals surface area contributed by atoms with Gasteiger partial charge >= 0.3 is 0 Å². The van der Waals surface area contributed by atoms with Gasteiger partial charge in [-0.25, -0.2) is 0 Å². The molecule has 0 bridgehead atoms. The summed E-state index contributed by atoms with van der Waals surface area (Å²) in [7, 11) is 0. The number of nitrogens with zero attached hydrogens (tertiary/aromatic N) is 3. The van der Waals surface area contributed by atoms with Crippen LogP contribution < -0.4 is 5.32 Å². The van der Waals surface area contributed by atoms with E-state index >= 15 is 0 Å². The average Bonchev–Trinajstić information content (AvgIpc) is 3.04. The molecule has 3 aromatic rings. The Balaban J connectivity index is 1.61. The zero-order chi connectivity index (χ0) is 16.1. The molecule has 2 N–H and O–H groups in total. The number of hydrogen-bond donors (Lipinski definition) is 2. The van der Waals surface area contributed by atoms with Gasteiger partial charge in [-0.15, -0.1) is 10.2 Å². The number of rotatable bonds is 5. The number of amides is 1. The second kappa shape index (κ2) is 6.83. The first kappa shape index (κ1) is 14.9. The lowest BCUT2D eigenvalue weighted by Gasteiger charge is -2.10. The first-order valence-electron chi connectivity index (χ1n) is 7.40. The highest BCUT2D eigenvalue weighted by molar-refractivity contribution is 5.89. The van der Waals surface area contributed by atoms with Crippen LogP contribution in [0.3, 0.4) is 0 Å². The van der Waals surface area contributed by atoms with E-state index in [2.05, 4.69) is 25.5 Å². The number of aromatic nitrogens is 4. The Bertz CT molecular complexity index is 770. The van der Waals surface area contributed by atoms with Crippen molar-refractivity contribution < 1.29 is 4.79 Å². The molecule has 0 fully saturated rings. The standard InChI is InChI=1S/C17H17N5O/c1-12(13-5-3-2-4-6-13)11-15(23)19-17-20-16(21-22-17)14-7-9-18-10-8-14/h2-10,12H,11H2,1H3,(H2,19,20,21,22,23)/t12-/m0/s1. The number of pyridine rings is 1. The van der Waals surface area contributed by atoms with Crippen molar-refractivity contribution in [1.29, 1.82) is 0 Å². The van der Waals surface area contributed by atoms with Gasteiger partial charge in [-0.3, -0.25) is 15.1 Å². The zero-order valence-electron chi connectivity index (χ0n) is 12.7. The fourth-order valence-electron chi connectivity index (χ4n) is 2.32. The zero-order valence-corrected chi connectivity index (χ0v) is 12.7. The van der Waals surface area contributed by atoms with Crippen molar-refractivity contribution >= 4 is 11.9 Å². The number of H-pyrrole nitrogens is 1. The van der Waals surface area contributed by atoms with Gasteiger partial charge in [0.25, 0.3) is 0 Å². The van der Waals surface area contributed by atoms with Crippen LogP contribution in [0.2, 0.25) is 0 Å². The summed E-state index contributed by atoms with van der Waals surface area (Å²) in [6, 6.07) is 13.6. The predicted molar refractivity (Wildman–Crippen MR) is 87.7 cm³/mol. The summed E-state index contributed by atoms with van der Waals surface area (Å²) in [5.41, 5.74) is 2.00. The SMILES string of the molecule is C[C@@H](CC(=O)Nc1nnc(-c2ccncc2)[nH]1)c1ccccc1. The number of nitrogens with one attached hydrogen (secondary N) is 2. The Morgan fingerprint density at radius 1 is 1.13 bits per heavy atom. The Morgan fingerprint density at radius 3 is 2.61 bits per heavy atom. The topological polar surface area (TPSA) is 83.6 Å². The molecule has 2 heterocycles. The van der Waals surface area contributed by atoms with E-state index in [1.807, 2.05) is 49.4 Å². The van der Waals surface area contributed by atoms with Crippen molar-refractivity contribution in [3.05, 3.63) is 60.4 Å². The Hall–Kier alpha value is -3.02. The van der Waals surface area contributed by atoms with Crippen LogP contribution in [0.1, 0.15) is 24.8 Å². The Morgan fingerprint density at radius 2 is 1.87 bits per heavy atom. The van der Waals surface area contributed by atoms with Gasteiger partial charge in [-0.05, 0) is 23.6 Å². The minimum atomic E-state index is -0.0984. The molecule has 0 aliphatic rings.